The van der Waals surface area contributed by atoms with E-state index in [2.05, 4.69) is 4.74 Å². The van der Waals surface area contributed by atoms with Gasteiger partial charge in [0, 0.05) is 6.26 Å². The highest BCUT2D eigenvalue weighted by Gasteiger charge is 2.12. The van der Waals surface area contributed by atoms with Gasteiger partial charge in [0.25, 0.3) is 0 Å². The van der Waals surface area contributed by atoms with Crippen LogP contribution in [0.2, 0.25) is 0 Å². The van der Waals surface area contributed by atoms with Crippen molar-refractivity contribution in [1.82, 2.24) is 0 Å². The summed E-state index contributed by atoms with van der Waals surface area (Å²) in [6, 6.07) is 4.41. The summed E-state index contributed by atoms with van der Waals surface area (Å²) in [5, 5.41) is 0. The Hall–Kier alpha value is -1.36. The third kappa shape index (κ3) is 2.79. The van der Waals surface area contributed by atoms with E-state index in [0.29, 0.717) is 5.56 Å². The topological polar surface area (TPSA) is 60.4 Å². The number of carbonyl (C=O) groups excluding carboxylic acids is 1. The average Bonchev–Trinajstić information content (AvgIpc) is 2.14. The van der Waals surface area contributed by atoms with Crippen LogP contribution in [0.4, 0.5) is 0 Å². The minimum atomic E-state index is -3.30. The highest BCUT2D eigenvalue weighted by atomic mass is 32.2. The Labute approximate surface area is 88.8 Å². The van der Waals surface area contributed by atoms with Gasteiger partial charge in [0.1, 0.15) is 0 Å². The van der Waals surface area contributed by atoms with Crippen LogP contribution in [-0.2, 0) is 14.6 Å². The third-order valence-electron chi connectivity index (χ3n) is 1.90. The minimum Gasteiger partial charge on any atom is -0.465 e. The van der Waals surface area contributed by atoms with Crippen molar-refractivity contribution < 1.29 is 17.9 Å². The van der Waals surface area contributed by atoms with Crippen molar-refractivity contribution in [2.75, 3.05) is 13.4 Å². The van der Waals surface area contributed by atoms with Gasteiger partial charge < -0.3 is 4.74 Å². The fourth-order valence-corrected chi connectivity index (χ4v) is 1.94. The molecule has 0 bridgehead atoms. The summed E-state index contributed by atoms with van der Waals surface area (Å²) in [5.74, 6) is -0.538. The van der Waals surface area contributed by atoms with Gasteiger partial charge in [0.2, 0.25) is 0 Å². The van der Waals surface area contributed by atoms with Gasteiger partial charge in [-0.3, -0.25) is 0 Å². The molecule has 0 heterocycles. The van der Waals surface area contributed by atoms with Crippen LogP contribution in [0.1, 0.15) is 15.9 Å². The Bertz CT molecular complexity index is 488. The Balaban J connectivity index is 3.35. The van der Waals surface area contributed by atoms with Crippen LogP contribution in [0, 0.1) is 6.92 Å². The van der Waals surface area contributed by atoms with Crippen molar-refractivity contribution in [2.45, 2.75) is 11.8 Å². The second-order valence-electron chi connectivity index (χ2n) is 3.30. The number of esters is 1. The van der Waals surface area contributed by atoms with E-state index in [9.17, 15) is 13.2 Å². The van der Waals surface area contributed by atoms with Gasteiger partial charge in [-0.2, -0.15) is 0 Å². The summed E-state index contributed by atoms with van der Waals surface area (Å²) >= 11 is 0. The molecule has 15 heavy (non-hydrogen) atoms. The number of aryl methyl sites for hydroxylation is 1. The summed E-state index contributed by atoms with van der Waals surface area (Å²) < 4.78 is 27.1. The predicted octanol–water partition coefficient (Wildman–Crippen LogP) is 1.19. The zero-order chi connectivity index (χ0) is 11.6. The van der Waals surface area contributed by atoms with Gasteiger partial charge in [-0.05, 0) is 30.7 Å². The molecule has 0 saturated carbocycles. The third-order valence-corrected chi connectivity index (χ3v) is 2.99. The van der Waals surface area contributed by atoms with Crippen LogP contribution in [-0.4, -0.2) is 27.8 Å². The lowest BCUT2D eigenvalue weighted by Crippen LogP contribution is -2.05. The van der Waals surface area contributed by atoms with Crippen molar-refractivity contribution >= 4 is 15.8 Å². The van der Waals surface area contributed by atoms with Crippen LogP contribution >= 0.6 is 0 Å². The number of carbonyl (C=O) groups is 1. The molecule has 4 nitrogen and oxygen atoms in total. The van der Waals surface area contributed by atoms with Gasteiger partial charge in [0.05, 0.1) is 17.6 Å². The monoisotopic (exact) mass is 228 g/mol. The predicted molar refractivity (Wildman–Crippen MR) is 55.6 cm³/mol. The molecule has 1 aromatic carbocycles. The first-order chi connectivity index (χ1) is 6.84. The molecule has 82 valence electrons. The number of rotatable bonds is 2. The van der Waals surface area contributed by atoms with Crippen LogP contribution in [0.25, 0.3) is 0 Å². The number of sulfone groups is 1. The molecule has 0 aliphatic rings. The smallest absolute Gasteiger partial charge is 0.337 e. The number of hydrogen-bond acceptors (Lipinski definition) is 4. The number of hydrogen-bond donors (Lipinski definition) is 0. The molecule has 5 heteroatoms. The first-order valence-corrected chi connectivity index (χ1v) is 6.14. The lowest BCUT2D eigenvalue weighted by atomic mass is 10.1. The van der Waals surface area contributed by atoms with Crippen molar-refractivity contribution in [1.29, 1.82) is 0 Å². The summed E-state index contributed by atoms with van der Waals surface area (Å²) in [4.78, 5) is 11.4. The SMILES string of the molecule is COC(=O)c1cc(C)cc(S(C)(=O)=O)c1. The van der Waals surface area contributed by atoms with Crippen LogP contribution in [0.3, 0.4) is 0 Å². The van der Waals surface area contributed by atoms with E-state index < -0.39 is 15.8 Å². The van der Waals surface area contributed by atoms with Gasteiger partial charge in [-0.1, -0.05) is 0 Å². The maximum atomic E-state index is 11.3. The van der Waals surface area contributed by atoms with Crippen molar-refractivity contribution in [3.8, 4) is 0 Å². The summed E-state index contributed by atoms with van der Waals surface area (Å²) in [5.41, 5.74) is 0.955. The molecular formula is C10H12O4S. The normalized spacial score (nSPS) is 11.1. The maximum absolute atomic E-state index is 11.3. The number of benzene rings is 1. The Kier molecular flexibility index (Phi) is 3.14. The Morgan fingerprint density at radius 3 is 2.33 bits per heavy atom. The fraction of sp³-hybridized carbons (Fsp3) is 0.300. The van der Waals surface area contributed by atoms with Crippen LogP contribution < -0.4 is 0 Å². The summed E-state index contributed by atoms with van der Waals surface area (Å²) in [6.45, 7) is 1.72. The molecule has 1 aromatic rings. The molecule has 0 unspecified atom stereocenters. The van der Waals surface area contributed by atoms with Gasteiger partial charge >= 0.3 is 5.97 Å². The summed E-state index contributed by atoms with van der Waals surface area (Å²) in [6.07, 6.45) is 1.10. The standard InChI is InChI=1S/C10H12O4S/c1-7-4-8(10(11)14-2)6-9(5-7)15(3,12)13/h4-6H,1-3H3. The van der Waals surface area contributed by atoms with E-state index in [4.69, 9.17) is 0 Å². The molecule has 0 atom stereocenters. The quantitative estimate of drug-likeness (QED) is 0.713. The second-order valence-corrected chi connectivity index (χ2v) is 5.31. The Morgan fingerprint density at radius 1 is 1.27 bits per heavy atom. The zero-order valence-electron chi connectivity index (χ0n) is 8.77. The molecule has 0 aliphatic heterocycles. The van der Waals surface area contributed by atoms with Crippen LogP contribution in [0.5, 0.6) is 0 Å². The minimum absolute atomic E-state index is 0.128. The van der Waals surface area contributed by atoms with Crippen molar-refractivity contribution in [3.05, 3.63) is 29.3 Å². The highest BCUT2D eigenvalue weighted by Crippen LogP contribution is 2.15. The van der Waals surface area contributed by atoms with Gasteiger partial charge in [-0.15, -0.1) is 0 Å². The van der Waals surface area contributed by atoms with Crippen molar-refractivity contribution in [2.24, 2.45) is 0 Å². The molecule has 0 radical (unpaired) electrons. The molecule has 0 N–H and O–H groups in total. The lowest BCUT2D eigenvalue weighted by Gasteiger charge is -2.04. The zero-order valence-corrected chi connectivity index (χ0v) is 9.59. The molecular weight excluding hydrogens is 216 g/mol. The molecule has 0 amide bonds. The van der Waals surface area contributed by atoms with Gasteiger partial charge in [-0.25, -0.2) is 13.2 Å². The van der Waals surface area contributed by atoms with Crippen LogP contribution in [0.15, 0.2) is 23.1 Å². The lowest BCUT2D eigenvalue weighted by molar-refractivity contribution is 0.0600. The van der Waals surface area contributed by atoms with E-state index in [1.54, 1.807) is 13.0 Å². The first-order valence-electron chi connectivity index (χ1n) is 4.24. The van der Waals surface area contributed by atoms with Crippen molar-refractivity contribution in [3.63, 3.8) is 0 Å². The van der Waals surface area contributed by atoms with E-state index in [0.717, 1.165) is 6.26 Å². The second kappa shape index (κ2) is 4.02. The Morgan fingerprint density at radius 2 is 1.87 bits per heavy atom. The average molecular weight is 228 g/mol. The molecule has 0 aliphatic carbocycles. The largest absolute Gasteiger partial charge is 0.465 e. The summed E-state index contributed by atoms with van der Waals surface area (Å²) in [7, 11) is -2.04. The number of ether oxygens (including phenoxy) is 1. The van der Waals surface area contributed by atoms with E-state index in [1.807, 2.05) is 0 Å². The van der Waals surface area contributed by atoms with E-state index in [1.165, 1.54) is 19.2 Å². The molecule has 0 fully saturated rings. The van der Waals surface area contributed by atoms with Gasteiger partial charge in [0.15, 0.2) is 9.84 Å². The molecule has 0 spiro atoms. The molecule has 0 aromatic heterocycles. The highest BCUT2D eigenvalue weighted by molar-refractivity contribution is 7.90. The fourth-order valence-electron chi connectivity index (χ4n) is 1.20. The number of methoxy groups -OCH3 is 1. The molecule has 0 saturated heterocycles. The maximum Gasteiger partial charge on any atom is 0.337 e. The molecule has 1 rings (SSSR count). The van der Waals surface area contributed by atoms with E-state index in [-0.39, 0.29) is 10.5 Å². The first kappa shape index (κ1) is 11.7. The van der Waals surface area contributed by atoms with E-state index >= 15 is 0 Å².